The number of ketones is 2. The number of aromatic hydroxyl groups is 2. The lowest BCUT2D eigenvalue weighted by molar-refractivity contribution is -0.119. The number of benzene rings is 1. The van der Waals surface area contributed by atoms with Crippen molar-refractivity contribution >= 4 is 17.4 Å². The van der Waals surface area contributed by atoms with E-state index in [0.717, 1.165) is 13.8 Å². The van der Waals surface area contributed by atoms with E-state index >= 15 is 0 Å². The second-order valence-electron chi connectivity index (χ2n) is 4.33. The quantitative estimate of drug-likeness (QED) is 0.388. The van der Waals surface area contributed by atoms with Crippen molar-refractivity contribution in [3.8, 4) is 11.5 Å². The van der Waals surface area contributed by atoms with E-state index in [1.54, 1.807) is 0 Å². The van der Waals surface area contributed by atoms with Crippen LogP contribution in [0, 0.1) is 11.6 Å². The van der Waals surface area contributed by atoms with E-state index in [9.17, 15) is 33.0 Å². The van der Waals surface area contributed by atoms with Gasteiger partial charge in [-0.25, -0.2) is 13.2 Å². The molecule has 1 rings (SSSR count). The summed E-state index contributed by atoms with van der Waals surface area (Å²) in [5, 5.41) is 18.8. The molecule has 0 atom stereocenters. The highest BCUT2D eigenvalue weighted by molar-refractivity contribution is 6.23. The van der Waals surface area contributed by atoms with E-state index < -0.39 is 57.2 Å². The van der Waals surface area contributed by atoms with Crippen molar-refractivity contribution in [3.05, 3.63) is 28.3 Å². The first-order valence-corrected chi connectivity index (χ1v) is 5.98. The molecule has 0 aliphatic heterocycles. The third-order valence-electron chi connectivity index (χ3n) is 2.92. The Kier molecular flexibility index (Phi) is 4.77. The Labute approximate surface area is 118 Å². The molecule has 0 unspecified atom stereocenters. The Morgan fingerprint density at radius 2 is 1.48 bits per heavy atom. The van der Waals surface area contributed by atoms with Gasteiger partial charge in [-0.15, -0.1) is 0 Å². The minimum absolute atomic E-state index is 0.165. The number of allylic oxidation sites excluding steroid dienone is 1. The number of hydrogen-bond donors (Lipinski definition) is 2. The van der Waals surface area contributed by atoms with E-state index in [1.807, 2.05) is 0 Å². The van der Waals surface area contributed by atoms with E-state index in [4.69, 9.17) is 0 Å². The highest BCUT2D eigenvalue weighted by atomic mass is 19.1. The van der Waals surface area contributed by atoms with Crippen molar-refractivity contribution in [1.82, 2.24) is 0 Å². The van der Waals surface area contributed by atoms with Crippen molar-refractivity contribution < 1.29 is 33.0 Å². The molecule has 1 aromatic rings. The van der Waals surface area contributed by atoms with Crippen LogP contribution in [-0.4, -0.2) is 21.8 Å². The number of carbonyl (C=O) groups excluding carboxylic acids is 2. The van der Waals surface area contributed by atoms with Crippen LogP contribution in [0.1, 0.15) is 31.9 Å². The molecule has 21 heavy (non-hydrogen) atoms. The van der Waals surface area contributed by atoms with Gasteiger partial charge >= 0.3 is 0 Å². The molecule has 0 aliphatic rings. The second-order valence-corrected chi connectivity index (χ2v) is 4.33. The normalized spacial score (nSPS) is 10.4. The SMILES string of the molecule is CCc1c(O)c(O)c(F)c(C(F)=C(C(C)=O)C(C)=O)c1F. The minimum Gasteiger partial charge on any atom is -0.504 e. The average Bonchev–Trinajstić information content (AvgIpc) is 2.36. The molecule has 2 N–H and O–H groups in total. The van der Waals surface area contributed by atoms with Gasteiger partial charge in [0, 0.05) is 5.56 Å². The monoisotopic (exact) mass is 302 g/mol. The standard InChI is InChI=1S/C14H13F3O4/c1-4-7-10(15)9(12(17)14(21)13(7)20)11(16)8(5(2)18)6(3)19/h20-21H,4H2,1-3H3. The predicted molar refractivity (Wildman–Crippen MR) is 68.5 cm³/mol. The number of rotatable bonds is 4. The molecule has 114 valence electrons. The first kappa shape index (κ1) is 16.7. The van der Waals surface area contributed by atoms with Crippen molar-refractivity contribution in [2.45, 2.75) is 27.2 Å². The first-order valence-electron chi connectivity index (χ1n) is 5.98. The van der Waals surface area contributed by atoms with Gasteiger partial charge in [-0.3, -0.25) is 9.59 Å². The Morgan fingerprint density at radius 1 is 1.00 bits per heavy atom. The van der Waals surface area contributed by atoms with Crippen LogP contribution in [0.5, 0.6) is 11.5 Å². The molecule has 0 radical (unpaired) electrons. The predicted octanol–water partition coefficient (Wildman–Crippen LogP) is 2.80. The second kappa shape index (κ2) is 5.99. The van der Waals surface area contributed by atoms with Crippen LogP contribution in [0.4, 0.5) is 13.2 Å². The lowest BCUT2D eigenvalue weighted by atomic mass is 9.98. The number of halogens is 3. The smallest absolute Gasteiger partial charge is 0.195 e. The topological polar surface area (TPSA) is 74.6 Å². The summed E-state index contributed by atoms with van der Waals surface area (Å²) in [5.41, 5.74) is -2.88. The third kappa shape index (κ3) is 2.76. The average molecular weight is 302 g/mol. The Hall–Kier alpha value is -2.31. The summed E-state index contributed by atoms with van der Waals surface area (Å²) in [6.45, 7) is 3.12. The van der Waals surface area contributed by atoms with E-state index in [2.05, 4.69) is 0 Å². The first-order chi connectivity index (χ1) is 9.64. The summed E-state index contributed by atoms with van der Waals surface area (Å²) >= 11 is 0. The van der Waals surface area contributed by atoms with Crippen LogP contribution >= 0.6 is 0 Å². The van der Waals surface area contributed by atoms with Crippen LogP contribution in [0.25, 0.3) is 5.83 Å². The fourth-order valence-corrected chi connectivity index (χ4v) is 1.91. The maximum Gasteiger partial charge on any atom is 0.195 e. The maximum atomic E-state index is 14.2. The van der Waals surface area contributed by atoms with Crippen LogP contribution in [0.3, 0.4) is 0 Å². The molecule has 0 fully saturated rings. The van der Waals surface area contributed by atoms with Crippen LogP contribution in [-0.2, 0) is 16.0 Å². The van der Waals surface area contributed by atoms with Crippen molar-refractivity contribution in [1.29, 1.82) is 0 Å². The Morgan fingerprint density at radius 3 is 1.86 bits per heavy atom. The highest BCUT2D eigenvalue weighted by Gasteiger charge is 2.29. The maximum absolute atomic E-state index is 14.2. The van der Waals surface area contributed by atoms with Gasteiger partial charge in [0.2, 0.25) is 0 Å². The number of hydrogen-bond acceptors (Lipinski definition) is 4. The minimum atomic E-state index is -1.78. The van der Waals surface area contributed by atoms with Crippen LogP contribution in [0.15, 0.2) is 5.57 Å². The van der Waals surface area contributed by atoms with Gasteiger partial charge in [0.15, 0.2) is 34.7 Å². The van der Waals surface area contributed by atoms with Crippen molar-refractivity contribution in [2.75, 3.05) is 0 Å². The molecule has 0 bridgehead atoms. The zero-order chi connectivity index (χ0) is 16.5. The van der Waals surface area contributed by atoms with E-state index in [-0.39, 0.29) is 6.42 Å². The Balaban J connectivity index is 3.88. The van der Waals surface area contributed by atoms with Gasteiger partial charge in [0.1, 0.15) is 5.82 Å². The molecule has 0 aliphatic carbocycles. The lowest BCUT2D eigenvalue weighted by Gasteiger charge is -2.12. The van der Waals surface area contributed by atoms with Gasteiger partial charge in [-0.1, -0.05) is 6.92 Å². The van der Waals surface area contributed by atoms with Gasteiger partial charge in [0.05, 0.1) is 11.1 Å². The zero-order valence-electron chi connectivity index (χ0n) is 11.6. The molecule has 7 heteroatoms. The summed E-state index contributed by atoms with van der Waals surface area (Å²) in [5.74, 6) is -9.37. The number of phenolic OH excluding ortho intramolecular Hbond substituents is 2. The summed E-state index contributed by atoms with van der Waals surface area (Å²) in [4.78, 5) is 22.5. The van der Waals surface area contributed by atoms with Crippen molar-refractivity contribution in [3.63, 3.8) is 0 Å². The molecule has 0 amide bonds. The molecule has 4 nitrogen and oxygen atoms in total. The van der Waals surface area contributed by atoms with Crippen molar-refractivity contribution in [2.24, 2.45) is 0 Å². The summed E-state index contributed by atoms with van der Waals surface area (Å²) in [7, 11) is 0. The zero-order valence-corrected chi connectivity index (χ0v) is 11.6. The summed E-state index contributed by atoms with van der Waals surface area (Å²) in [6.07, 6.45) is -0.165. The van der Waals surface area contributed by atoms with Crippen LogP contribution in [0.2, 0.25) is 0 Å². The molecule has 0 heterocycles. The third-order valence-corrected chi connectivity index (χ3v) is 2.92. The van der Waals surface area contributed by atoms with Crippen LogP contribution < -0.4 is 0 Å². The Bertz CT molecular complexity index is 647. The number of carbonyl (C=O) groups is 2. The largest absolute Gasteiger partial charge is 0.504 e. The molecule has 0 aromatic heterocycles. The molecule has 0 spiro atoms. The molecule has 0 saturated carbocycles. The van der Waals surface area contributed by atoms with Gasteiger partial charge in [-0.05, 0) is 20.3 Å². The fraction of sp³-hybridized carbons (Fsp3) is 0.286. The highest BCUT2D eigenvalue weighted by Crippen LogP contribution is 2.40. The number of Topliss-reactive ketones (excluding diaryl/α,β-unsaturated/α-hetero) is 2. The van der Waals surface area contributed by atoms with Gasteiger partial charge in [-0.2, -0.15) is 0 Å². The van der Waals surface area contributed by atoms with E-state index in [1.165, 1.54) is 6.92 Å². The summed E-state index contributed by atoms with van der Waals surface area (Å²) in [6, 6.07) is 0. The molecular formula is C14H13F3O4. The summed E-state index contributed by atoms with van der Waals surface area (Å²) < 4.78 is 42.2. The lowest BCUT2D eigenvalue weighted by Crippen LogP contribution is -2.10. The number of phenols is 2. The molecular weight excluding hydrogens is 289 g/mol. The van der Waals surface area contributed by atoms with Gasteiger partial charge in [0.25, 0.3) is 0 Å². The van der Waals surface area contributed by atoms with E-state index in [0.29, 0.717) is 0 Å². The molecule has 0 saturated heterocycles. The van der Waals surface area contributed by atoms with Gasteiger partial charge < -0.3 is 10.2 Å². The molecule has 1 aromatic carbocycles. The fourth-order valence-electron chi connectivity index (χ4n) is 1.91.